The van der Waals surface area contributed by atoms with E-state index >= 15 is 0 Å². The Morgan fingerprint density at radius 1 is 1.25 bits per heavy atom. The number of amides is 1. The van der Waals surface area contributed by atoms with Crippen LogP contribution in [0.4, 0.5) is 0 Å². The number of piperidine rings is 1. The number of carbonyl (C=O) groups is 1. The van der Waals surface area contributed by atoms with Crippen LogP contribution in [0.25, 0.3) is 10.9 Å². The summed E-state index contributed by atoms with van der Waals surface area (Å²) >= 11 is 0. The molecule has 0 bridgehead atoms. The van der Waals surface area contributed by atoms with Gasteiger partial charge in [0.25, 0.3) is 5.91 Å². The zero-order valence-electron chi connectivity index (χ0n) is 16.4. The van der Waals surface area contributed by atoms with Gasteiger partial charge >= 0.3 is 0 Å². The fourth-order valence-corrected chi connectivity index (χ4v) is 4.03. The minimum absolute atomic E-state index is 0.00350. The highest BCUT2D eigenvalue weighted by Crippen LogP contribution is 2.22. The minimum atomic E-state index is 0.00350. The molecule has 1 fully saturated rings. The predicted octanol–water partition coefficient (Wildman–Crippen LogP) is 3.80. The maximum Gasteiger partial charge on any atom is 0.272 e. The number of fused-ring (bicyclic) bond motifs is 1. The summed E-state index contributed by atoms with van der Waals surface area (Å²) in [6.45, 7) is 4.49. The van der Waals surface area contributed by atoms with Crippen molar-refractivity contribution in [2.45, 2.75) is 32.1 Å². The zero-order chi connectivity index (χ0) is 19.2. The fourth-order valence-electron chi connectivity index (χ4n) is 4.03. The van der Waals surface area contributed by atoms with E-state index in [1.165, 1.54) is 25.8 Å². The second-order valence-electron chi connectivity index (χ2n) is 7.77. The first-order valence-corrected chi connectivity index (χ1v) is 10.5. The van der Waals surface area contributed by atoms with E-state index in [4.69, 9.17) is 4.74 Å². The molecule has 3 heterocycles. The van der Waals surface area contributed by atoms with Crippen LogP contribution in [0.2, 0.25) is 0 Å². The molecule has 1 amide bonds. The third kappa shape index (κ3) is 4.71. The van der Waals surface area contributed by atoms with Crippen molar-refractivity contribution in [3.63, 3.8) is 0 Å². The van der Waals surface area contributed by atoms with Gasteiger partial charge in [-0.3, -0.25) is 4.79 Å². The van der Waals surface area contributed by atoms with Crippen LogP contribution in [0.3, 0.4) is 0 Å². The highest BCUT2D eigenvalue weighted by Gasteiger charge is 2.17. The van der Waals surface area contributed by atoms with Crippen molar-refractivity contribution in [1.82, 2.24) is 15.2 Å². The van der Waals surface area contributed by atoms with E-state index in [1.807, 2.05) is 41.3 Å². The molecule has 2 aliphatic heterocycles. The molecule has 0 aliphatic carbocycles. The highest BCUT2D eigenvalue weighted by atomic mass is 16.5. The fraction of sp³-hybridized carbons (Fsp3) is 0.478. The first-order chi connectivity index (χ1) is 13.8. The number of rotatable bonds is 6. The molecular weight excluding hydrogens is 350 g/mol. The normalized spacial score (nSPS) is 19.7. The number of nitrogens with one attached hydrogen (secondary N) is 1. The topological polar surface area (TPSA) is 54.5 Å². The lowest BCUT2D eigenvalue weighted by Gasteiger charge is -2.23. The van der Waals surface area contributed by atoms with Gasteiger partial charge in [-0.25, -0.2) is 4.98 Å². The number of carbonyl (C=O) groups excluding carboxylic acids is 1. The molecule has 5 heteroatoms. The maximum absolute atomic E-state index is 12.6. The number of hydrogen-bond donors (Lipinski definition) is 1. The van der Waals surface area contributed by atoms with Crippen LogP contribution in [-0.2, 0) is 0 Å². The molecule has 0 radical (unpaired) electrons. The van der Waals surface area contributed by atoms with E-state index < -0.39 is 0 Å². The first-order valence-electron chi connectivity index (χ1n) is 10.5. The molecule has 0 saturated carbocycles. The third-order valence-corrected chi connectivity index (χ3v) is 5.65. The van der Waals surface area contributed by atoms with Gasteiger partial charge < -0.3 is 15.0 Å². The number of pyridine rings is 1. The van der Waals surface area contributed by atoms with Crippen molar-refractivity contribution >= 4 is 16.8 Å². The summed E-state index contributed by atoms with van der Waals surface area (Å²) in [5.41, 5.74) is 1.34. The number of nitrogens with zero attached hydrogens (tertiary/aromatic N) is 2. The Morgan fingerprint density at radius 2 is 2.21 bits per heavy atom. The quantitative estimate of drug-likeness (QED) is 0.613. The predicted molar refractivity (Wildman–Crippen MR) is 112 cm³/mol. The molecule has 1 N–H and O–H groups in total. The lowest BCUT2D eigenvalue weighted by molar-refractivity contribution is 0.0765. The number of ether oxygens (including phenoxy) is 1. The van der Waals surface area contributed by atoms with Gasteiger partial charge in [0.1, 0.15) is 11.4 Å². The molecule has 148 valence electrons. The molecule has 1 aromatic carbocycles. The monoisotopic (exact) mass is 379 g/mol. The standard InChI is InChI=1S/C23H29N3O2/c27-23(26-13-2-1-3-14-26)22-10-8-19-16-20(9-11-21(19)25-22)28-15-5-7-18-6-4-12-24-17-18/h1-2,8-11,16,18,24H,3-7,12-15,17H2. The van der Waals surface area contributed by atoms with E-state index in [9.17, 15) is 4.79 Å². The first kappa shape index (κ1) is 18.9. The summed E-state index contributed by atoms with van der Waals surface area (Å²) in [4.78, 5) is 19.0. The number of aromatic nitrogens is 1. The Kier molecular flexibility index (Phi) is 6.22. The largest absolute Gasteiger partial charge is 0.494 e. The minimum Gasteiger partial charge on any atom is -0.494 e. The summed E-state index contributed by atoms with van der Waals surface area (Å²) in [6, 6.07) is 9.71. The van der Waals surface area contributed by atoms with Crippen LogP contribution in [0, 0.1) is 5.92 Å². The molecule has 28 heavy (non-hydrogen) atoms. The maximum atomic E-state index is 12.6. The smallest absolute Gasteiger partial charge is 0.272 e. The number of hydrogen-bond acceptors (Lipinski definition) is 4. The van der Waals surface area contributed by atoms with E-state index in [1.54, 1.807) is 0 Å². The molecule has 1 saturated heterocycles. The third-order valence-electron chi connectivity index (χ3n) is 5.65. The Balaban J connectivity index is 1.33. The van der Waals surface area contributed by atoms with Crippen molar-refractivity contribution in [2.75, 3.05) is 32.8 Å². The summed E-state index contributed by atoms with van der Waals surface area (Å²) in [7, 11) is 0. The molecule has 2 aliphatic rings. The molecular formula is C23H29N3O2. The van der Waals surface area contributed by atoms with Crippen molar-refractivity contribution in [3.8, 4) is 5.75 Å². The Labute approximate surface area is 166 Å². The summed E-state index contributed by atoms with van der Waals surface area (Å²) < 4.78 is 5.95. The average Bonchev–Trinajstić information content (AvgIpc) is 2.77. The van der Waals surface area contributed by atoms with Gasteiger partial charge in [-0.05, 0) is 75.4 Å². The van der Waals surface area contributed by atoms with Crippen molar-refractivity contribution in [3.05, 3.63) is 48.2 Å². The van der Waals surface area contributed by atoms with Crippen LogP contribution >= 0.6 is 0 Å². The molecule has 1 aromatic heterocycles. The van der Waals surface area contributed by atoms with Crippen LogP contribution in [-0.4, -0.2) is 48.6 Å². The highest BCUT2D eigenvalue weighted by molar-refractivity contribution is 5.95. The zero-order valence-corrected chi connectivity index (χ0v) is 16.4. The van der Waals surface area contributed by atoms with Crippen molar-refractivity contribution in [1.29, 1.82) is 0 Å². The Bertz CT molecular complexity index is 843. The summed E-state index contributed by atoms with van der Waals surface area (Å²) in [5, 5.41) is 4.47. The van der Waals surface area contributed by atoms with Crippen LogP contribution in [0.5, 0.6) is 5.75 Å². The Hall–Kier alpha value is -2.40. The van der Waals surface area contributed by atoms with Gasteiger partial charge in [-0.1, -0.05) is 18.2 Å². The van der Waals surface area contributed by atoms with Gasteiger partial charge in [0.15, 0.2) is 0 Å². The molecule has 4 rings (SSSR count). The van der Waals surface area contributed by atoms with Gasteiger partial charge in [0.05, 0.1) is 12.1 Å². The van der Waals surface area contributed by atoms with Gasteiger partial charge in [-0.2, -0.15) is 0 Å². The van der Waals surface area contributed by atoms with Crippen molar-refractivity contribution < 1.29 is 9.53 Å². The van der Waals surface area contributed by atoms with Crippen LogP contribution in [0.1, 0.15) is 42.6 Å². The molecule has 5 nitrogen and oxygen atoms in total. The molecule has 1 unspecified atom stereocenters. The number of benzene rings is 1. The lowest BCUT2D eigenvalue weighted by atomic mass is 9.95. The van der Waals surface area contributed by atoms with E-state index in [0.717, 1.165) is 55.1 Å². The molecule has 2 aromatic rings. The van der Waals surface area contributed by atoms with Crippen LogP contribution < -0.4 is 10.1 Å². The van der Waals surface area contributed by atoms with E-state index in [0.29, 0.717) is 12.2 Å². The summed E-state index contributed by atoms with van der Waals surface area (Å²) in [5.74, 6) is 1.67. The lowest BCUT2D eigenvalue weighted by Crippen LogP contribution is -2.34. The second-order valence-corrected chi connectivity index (χ2v) is 7.77. The van der Waals surface area contributed by atoms with Crippen LogP contribution in [0.15, 0.2) is 42.5 Å². The average molecular weight is 380 g/mol. The van der Waals surface area contributed by atoms with E-state index in [-0.39, 0.29) is 5.91 Å². The summed E-state index contributed by atoms with van der Waals surface area (Å²) in [6.07, 6.45) is 10.0. The second kappa shape index (κ2) is 9.20. The van der Waals surface area contributed by atoms with Gasteiger partial charge in [-0.15, -0.1) is 0 Å². The molecule has 0 spiro atoms. The molecule has 1 atom stereocenters. The van der Waals surface area contributed by atoms with Gasteiger partial charge in [0.2, 0.25) is 0 Å². The van der Waals surface area contributed by atoms with Crippen molar-refractivity contribution in [2.24, 2.45) is 5.92 Å². The Morgan fingerprint density at radius 3 is 3.04 bits per heavy atom. The van der Waals surface area contributed by atoms with Gasteiger partial charge in [0, 0.05) is 18.5 Å². The SMILES string of the molecule is O=C(c1ccc2cc(OCCCC3CCCNC3)ccc2n1)N1CC=CCC1. The van der Waals surface area contributed by atoms with E-state index in [2.05, 4.69) is 16.4 Å².